The van der Waals surface area contributed by atoms with E-state index < -0.39 is 33.8 Å². The van der Waals surface area contributed by atoms with Crippen LogP contribution in [0.15, 0.2) is 59.5 Å². The van der Waals surface area contributed by atoms with E-state index in [0.29, 0.717) is 18.7 Å². The molecule has 0 saturated carbocycles. The molecule has 2 aromatic carbocycles. The number of rotatable bonds is 8. The summed E-state index contributed by atoms with van der Waals surface area (Å²) in [5, 5.41) is 2.53. The van der Waals surface area contributed by atoms with Gasteiger partial charge in [0.15, 0.2) is 0 Å². The Balaban J connectivity index is 1.99. The molecule has 0 fully saturated rings. The number of hydrogen-bond acceptors (Lipinski definition) is 5. The molecule has 0 aromatic heterocycles. The fourth-order valence-electron chi connectivity index (χ4n) is 2.74. The monoisotopic (exact) mass is 446 g/mol. The molecule has 3 amide bonds. The number of nitrogens with zero attached hydrogens (tertiary/aromatic N) is 1. The highest BCUT2D eigenvalue weighted by atomic mass is 32.2. The van der Waals surface area contributed by atoms with Gasteiger partial charge in [-0.1, -0.05) is 38.1 Å². The minimum atomic E-state index is -3.72. The molecule has 0 unspecified atom stereocenters. The smallest absolute Gasteiger partial charge is 0.269 e. The Morgan fingerprint density at radius 2 is 1.48 bits per heavy atom. The highest BCUT2D eigenvalue weighted by Crippen LogP contribution is 2.16. The van der Waals surface area contributed by atoms with Crippen LogP contribution in [0.2, 0.25) is 0 Å². The Kier molecular flexibility index (Phi) is 8.29. The van der Waals surface area contributed by atoms with Gasteiger partial charge in [0.1, 0.15) is 6.04 Å². The summed E-state index contributed by atoms with van der Waals surface area (Å²) in [6.45, 7) is 5.53. The van der Waals surface area contributed by atoms with Crippen LogP contribution in [0.3, 0.4) is 0 Å². The topological polar surface area (TPSA) is 125 Å². The van der Waals surface area contributed by atoms with Gasteiger partial charge in [0.05, 0.1) is 4.90 Å². The van der Waals surface area contributed by atoms with Crippen LogP contribution in [-0.2, 0) is 14.8 Å². The molecule has 31 heavy (non-hydrogen) atoms. The number of amides is 3. The van der Waals surface area contributed by atoms with Crippen LogP contribution in [-0.4, -0.2) is 49.6 Å². The highest BCUT2D eigenvalue weighted by Gasteiger charge is 2.23. The van der Waals surface area contributed by atoms with Gasteiger partial charge in [-0.3, -0.25) is 25.2 Å². The second kappa shape index (κ2) is 10.7. The lowest BCUT2D eigenvalue weighted by Gasteiger charge is -2.19. The number of nitrogens with one attached hydrogen (secondary N) is 3. The predicted octanol–water partition coefficient (Wildman–Crippen LogP) is 1.30. The van der Waals surface area contributed by atoms with E-state index >= 15 is 0 Å². The third kappa shape index (κ3) is 6.12. The second-order valence-electron chi connectivity index (χ2n) is 6.62. The summed E-state index contributed by atoms with van der Waals surface area (Å²) >= 11 is 0. The summed E-state index contributed by atoms with van der Waals surface area (Å²) in [6.07, 6.45) is 0. The maximum atomic E-state index is 12.6. The molecule has 0 heterocycles. The molecule has 3 N–H and O–H groups in total. The van der Waals surface area contributed by atoms with Crippen molar-refractivity contribution in [2.45, 2.75) is 31.7 Å². The van der Waals surface area contributed by atoms with Gasteiger partial charge in [0.2, 0.25) is 10.0 Å². The number of benzene rings is 2. The van der Waals surface area contributed by atoms with Crippen LogP contribution in [0, 0.1) is 0 Å². The molecule has 9 nitrogen and oxygen atoms in total. The largest absolute Gasteiger partial charge is 0.340 e. The van der Waals surface area contributed by atoms with Crippen molar-refractivity contribution in [3.05, 3.63) is 65.7 Å². The SMILES string of the molecule is CCN(CC)S(=O)(=O)c1cccc(C(=O)NNC(=O)[C@H](C)NC(=O)c2ccccc2)c1. The van der Waals surface area contributed by atoms with Gasteiger partial charge in [-0.15, -0.1) is 0 Å². The van der Waals surface area contributed by atoms with E-state index in [1.54, 1.807) is 44.2 Å². The van der Waals surface area contributed by atoms with E-state index in [-0.39, 0.29) is 10.5 Å². The standard InChI is InChI=1S/C21H26N4O5S/c1-4-25(5-2)31(29,30)18-13-9-12-17(14-18)21(28)24-23-19(26)15(3)22-20(27)16-10-7-6-8-11-16/h6-15H,4-5H2,1-3H3,(H,22,27)(H,23,26)(H,24,28)/t15-/m0/s1. The Bertz CT molecular complexity index is 1040. The third-order valence-corrected chi connectivity index (χ3v) is 6.56. The van der Waals surface area contributed by atoms with E-state index in [9.17, 15) is 22.8 Å². The Morgan fingerprint density at radius 1 is 0.871 bits per heavy atom. The van der Waals surface area contributed by atoms with Crippen molar-refractivity contribution in [3.8, 4) is 0 Å². The molecule has 10 heteroatoms. The van der Waals surface area contributed by atoms with Crippen LogP contribution < -0.4 is 16.2 Å². The second-order valence-corrected chi connectivity index (χ2v) is 8.56. The first-order valence-corrected chi connectivity index (χ1v) is 11.2. The molecule has 166 valence electrons. The van der Waals surface area contributed by atoms with Crippen molar-refractivity contribution in [3.63, 3.8) is 0 Å². The fraction of sp³-hybridized carbons (Fsp3) is 0.286. The minimum Gasteiger partial charge on any atom is -0.340 e. The first kappa shape index (κ1) is 24.0. The lowest BCUT2D eigenvalue weighted by molar-refractivity contribution is -0.123. The van der Waals surface area contributed by atoms with Crippen molar-refractivity contribution < 1.29 is 22.8 Å². The third-order valence-electron chi connectivity index (χ3n) is 4.52. The molecule has 0 aliphatic carbocycles. The summed E-state index contributed by atoms with van der Waals surface area (Å²) in [5.74, 6) is -1.75. The van der Waals surface area contributed by atoms with Crippen LogP contribution in [0.4, 0.5) is 0 Å². The number of hydrazine groups is 1. The summed E-state index contributed by atoms with van der Waals surface area (Å²) in [4.78, 5) is 36.7. The van der Waals surface area contributed by atoms with E-state index in [2.05, 4.69) is 16.2 Å². The van der Waals surface area contributed by atoms with Gasteiger partial charge in [-0.2, -0.15) is 4.31 Å². The van der Waals surface area contributed by atoms with Crippen molar-refractivity contribution in [1.82, 2.24) is 20.5 Å². The summed E-state index contributed by atoms with van der Waals surface area (Å²) in [7, 11) is -3.72. The minimum absolute atomic E-state index is 0.0151. The molecule has 0 saturated heterocycles. The molecule has 0 spiro atoms. The number of carbonyl (C=O) groups is 3. The average Bonchev–Trinajstić information content (AvgIpc) is 2.78. The van der Waals surface area contributed by atoms with Gasteiger partial charge >= 0.3 is 0 Å². The van der Waals surface area contributed by atoms with Crippen molar-refractivity contribution >= 4 is 27.7 Å². The zero-order valence-electron chi connectivity index (χ0n) is 17.6. The van der Waals surface area contributed by atoms with Gasteiger partial charge in [-0.25, -0.2) is 8.42 Å². The van der Waals surface area contributed by atoms with E-state index in [4.69, 9.17) is 0 Å². The van der Waals surface area contributed by atoms with Gasteiger partial charge in [0, 0.05) is 24.2 Å². The van der Waals surface area contributed by atoms with Gasteiger partial charge in [-0.05, 0) is 37.3 Å². The number of sulfonamides is 1. The first-order valence-electron chi connectivity index (χ1n) is 9.77. The summed E-state index contributed by atoms with van der Waals surface area (Å²) in [6, 6.07) is 13.0. The average molecular weight is 447 g/mol. The maximum absolute atomic E-state index is 12.6. The molecule has 0 aliphatic rings. The van der Waals surface area contributed by atoms with Crippen LogP contribution in [0.25, 0.3) is 0 Å². The fourth-order valence-corrected chi connectivity index (χ4v) is 4.25. The van der Waals surface area contributed by atoms with Crippen molar-refractivity contribution in [1.29, 1.82) is 0 Å². The van der Waals surface area contributed by atoms with E-state index in [1.807, 2.05) is 0 Å². The zero-order chi connectivity index (χ0) is 23.0. The van der Waals surface area contributed by atoms with Crippen LogP contribution in [0.1, 0.15) is 41.5 Å². The molecule has 0 bridgehead atoms. The Morgan fingerprint density at radius 3 is 2.10 bits per heavy atom. The van der Waals surface area contributed by atoms with Crippen molar-refractivity contribution in [2.24, 2.45) is 0 Å². The highest BCUT2D eigenvalue weighted by molar-refractivity contribution is 7.89. The normalized spacial score (nSPS) is 12.1. The number of carbonyl (C=O) groups excluding carboxylic acids is 3. The molecule has 2 aromatic rings. The van der Waals surface area contributed by atoms with E-state index in [0.717, 1.165) is 0 Å². The molecular formula is C21H26N4O5S. The zero-order valence-corrected chi connectivity index (χ0v) is 18.4. The Hall–Kier alpha value is -3.24. The lowest BCUT2D eigenvalue weighted by Crippen LogP contribution is -2.51. The van der Waals surface area contributed by atoms with Crippen LogP contribution >= 0.6 is 0 Å². The predicted molar refractivity (Wildman–Crippen MR) is 116 cm³/mol. The lowest BCUT2D eigenvalue weighted by atomic mass is 10.2. The Labute approximate surface area is 181 Å². The molecule has 2 rings (SSSR count). The van der Waals surface area contributed by atoms with Gasteiger partial charge in [0.25, 0.3) is 17.7 Å². The quantitative estimate of drug-likeness (QED) is 0.527. The van der Waals surface area contributed by atoms with Crippen molar-refractivity contribution in [2.75, 3.05) is 13.1 Å². The molecule has 0 radical (unpaired) electrons. The first-order chi connectivity index (χ1) is 14.7. The maximum Gasteiger partial charge on any atom is 0.269 e. The summed E-state index contributed by atoms with van der Waals surface area (Å²) < 4.78 is 26.5. The van der Waals surface area contributed by atoms with E-state index in [1.165, 1.54) is 35.5 Å². The van der Waals surface area contributed by atoms with Crippen LogP contribution in [0.5, 0.6) is 0 Å². The molecule has 1 atom stereocenters. The van der Waals surface area contributed by atoms with Gasteiger partial charge < -0.3 is 5.32 Å². The number of hydrogen-bond donors (Lipinski definition) is 3. The molecular weight excluding hydrogens is 420 g/mol. The molecule has 0 aliphatic heterocycles. The summed E-state index contributed by atoms with van der Waals surface area (Å²) in [5.41, 5.74) is 4.92.